The molecule has 0 saturated carbocycles. The molecule has 0 saturated heterocycles. The van der Waals surface area contributed by atoms with Gasteiger partial charge >= 0.3 is 0 Å². The standard InChI is InChI=1S/C17H19N7O2/c1-9-7-11(5-6-12(9)16(25)24(3)4)20-17-19-8-13(14(18)21-17)15-23-22-10(2)26-15/h5-8H,1-4H3,(H3,18,19,20,21). The van der Waals surface area contributed by atoms with Crippen LogP contribution >= 0.6 is 0 Å². The first-order valence-electron chi connectivity index (χ1n) is 7.87. The third-order valence-electron chi connectivity index (χ3n) is 3.69. The van der Waals surface area contributed by atoms with Crippen molar-refractivity contribution in [3.63, 3.8) is 0 Å². The van der Waals surface area contributed by atoms with Gasteiger partial charge in [0.2, 0.25) is 11.8 Å². The van der Waals surface area contributed by atoms with Crippen LogP contribution in [0.25, 0.3) is 11.5 Å². The van der Waals surface area contributed by atoms with Crippen LogP contribution in [0.3, 0.4) is 0 Å². The highest BCUT2D eigenvalue weighted by molar-refractivity contribution is 5.95. The number of benzene rings is 1. The van der Waals surface area contributed by atoms with E-state index in [-0.39, 0.29) is 17.6 Å². The van der Waals surface area contributed by atoms with Crippen molar-refractivity contribution in [2.24, 2.45) is 0 Å². The minimum absolute atomic E-state index is 0.0475. The molecule has 0 bridgehead atoms. The Hall–Kier alpha value is -3.49. The van der Waals surface area contributed by atoms with Crippen molar-refractivity contribution in [1.29, 1.82) is 0 Å². The lowest BCUT2D eigenvalue weighted by atomic mass is 10.1. The van der Waals surface area contributed by atoms with Crippen LogP contribution in [0.5, 0.6) is 0 Å². The van der Waals surface area contributed by atoms with Gasteiger partial charge in [-0.3, -0.25) is 4.79 Å². The van der Waals surface area contributed by atoms with Gasteiger partial charge in [-0.05, 0) is 30.7 Å². The number of aryl methyl sites for hydroxylation is 2. The highest BCUT2D eigenvalue weighted by Gasteiger charge is 2.14. The number of carbonyl (C=O) groups excluding carboxylic acids is 1. The minimum Gasteiger partial charge on any atom is -0.421 e. The molecule has 9 nitrogen and oxygen atoms in total. The van der Waals surface area contributed by atoms with Crippen molar-refractivity contribution in [3.8, 4) is 11.5 Å². The molecule has 1 amide bonds. The van der Waals surface area contributed by atoms with Crippen molar-refractivity contribution in [3.05, 3.63) is 41.4 Å². The third kappa shape index (κ3) is 3.46. The molecule has 1 aromatic carbocycles. The summed E-state index contributed by atoms with van der Waals surface area (Å²) in [7, 11) is 3.44. The molecule has 0 atom stereocenters. The Balaban J connectivity index is 1.82. The van der Waals surface area contributed by atoms with Crippen molar-refractivity contribution in [1.82, 2.24) is 25.1 Å². The van der Waals surface area contributed by atoms with Gasteiger partial charge in [-0.1, -0.05) is 0 Å². The summed E-state index contributed by atoms with van der Waals surface area (Å²) in [6.45, 7) is 3.56. The van der Waals surface area contributed by atoms with E-state index in [1.54, 1.807) is 33.2 Å². The van der Waals surface area contributed by atoms with E-state index >= 15 is 0 Å². The molecule has 9 heteroatoms. The van der Waals surface area contributed by atoms with Gasteiger partial charge in [-0.2, -0.15) is 4.98 Å². The minimum atomic E-state index is -0.0475. The summed E-state index contributed by atoms with van der Waals surface area (Å²) in [6, 6.07) is 5.41. The normalized spacial score (nSPS) is 10.6. The molecule has 2 aromatic heterocycles. The average molecular weight is 353 g/mol. The Morgan fingerprint density at radius 2 is 2.00 bits per heavy atom. The third-order valence-corrected chi connectivity index (χ3v) is 3.69. The summed E-state index contributed by atoms with van der Waals surface area (Å²) in [5.74, 6) is 1.21. The van der Waals surface area contributed by atoms with Gasteiger partial charge in [-0.25, -0.2) is 4.98 Å². The molecular formula is C17H19N7O2. The summed E-state index contributed by atoms with van der Waals surface area (Å²) in [5.41, 5.74) is 8.68. The van der Waals surface area contributed by atoms with Crippen molar-refractivity contribution in [2.45, 2.75) is 13.8 Å². The van der Waals surface area contributed by atoms with Gasteiger partial charge in [0.05, 0.1) is 5.56 Å². The predicted octanol–water partition coefficient (Wildman–Crippen LogP) is 2.17. The molecule has 3 rings (SSSR count). The fourth-order valence-electron chi connectivity index (χ4n) is 2.38. The molecule has 0 aliphatic rings. The quantitative estimate of drug-likeness (QED) is 0.731. The number of amides is 1. The molecule has 0 spiro atoms. The Bertz CT molecular complexity index is 965. The fourth-order valence-corrected chi connectivity index (χ4v) is 2.38. The molecule has 3 N–H and O–H groups in total. The maximum Gasteiger partial charge on any atom is 0.253 e. The number of rotatable bonds is 4. The number of nitrogens with one attached hydrogen (secondary N) is 1. The van der Waals surface area contributed by atoms with Gasteiger partial charge in [0.15, 0.2) is 0 Å². The van der Waals surface area contributed by atoms with Crippen LogP contribution in [0.2, 0.25) is 0 Å². The maximum atomic E-state index is 12.1. The number of carbonyl (C=O) groups is 1. The molecule has 0 unspecified atom stereocenters. The largest absolute Gasteiger partial charge is 0.421 e. The van der Waals surface area contributed by atoms with E-state index in [9.17, 15) is 4.79 Å². The Morgan fingerprint density at radius 1 is 1.23 bits per heavy atom. The SMILES string of the molecule is Cc1nnc(-c2cnc(Nc3ccc(C(=O)N(C)C)c(C)c3)nc2N)o1. The topological polar surface area (TPSA) is 123 Å². The summed E-state index contributed by atoms with van der Waals surface area (Å²) < 4.78 is 5.34. The van der Waals surface area contributed by atoms with Gasteiger partial charge in [0.1, 0.15) is 5.82 Å². The van der Waals surface area contributed by atoms with Crippen LogP contribution in [0.1, 0.15) is 21.8 Å². The molecule has 0 aliphatic carbocycles. The first-order chi connectivity index (χ1) is 12.3. The maximum absolute atomic E-state index is 12.1. The van der Waals surface area contributed by atoms with Crippen LogP contribution in [0, 0.1) is 13.8 Å². The highest BCUT2D eigenvalue weighted by Crippen LogP contribution is 2.24. The average Bonchev–Trinajstić information content (AvgIpc) is 3.00. The molecular weight excluding hydrogens is 334 g/mol. The molecule has 2 heterocycles. The van der Waals surface area contributed by atoms with Gasteiger partial charge in [0, 0.05) is 38.5 Å². The monoisotopic (exact) mass is 353 g/mol. The zero-order chi connectivity index (χ0) is 18.8. The number of aromatic nitrogens is 4. The Morgan fingerprint density at radius 3 is 2.58 bits per heavy atom. The van der Waals surface area contributed by atoms with Gasteiger partial charge in [0.25, 0.3) is 11.8 Å². The number of nitrogens with two attached hydrogens (primary N) is 1. The van der Waals surface area contributed by atoms with Gasteiger partial charge in [-0.15, -0.1) is 10.2 Å². The first-order valence-corrected chi connectivity index (χ1v) is 7.87. The molecule has 0 aliphatic heterocycles. The van der Waals surface area contributed by atoms with E-state index in [4.69, 9.17) is 10.2 Å². The van der Waals surface area contributed by atoms with Crippen LogP contribution < -0.4 is 11.1 Å². The fraction of sp³-hybridized carbons (Fsp3) is 0.235. The van der Waals surface area contributed by atoms with Crippen molar-refractivity contribution in [2.75, 3.05) is 25.1 Å². The number of hydrogen-bond acceptors (Lipinski definition) is 8. The smallest absolute Gasteiger partial charge is 0.253 e. The van der Waals surface area contributed by atoms with Crippen LogP contribution in [-0.4, -0.2) is 45.1 Å². The van der Waals surface area contributed by atoms with Crippen LogP contribution in [-0.2, 0) is 0 Å². The second-order valence-corrected chi connectivity index (χ2v) is 5.97. The summed E-state index contributed by atoms with van der Waals surface area (Å²) >= 11 is 0. The van der Waals surface area contributed by atoms with Crippen LogP contribution in [0.15, 0.2) is 28.8 Å². The van der Waals surface area contributed by atoms with E-state index < -0.39 is 0 Å². The molecule has 26 heavy (non-hydrogen) atoms. The van der Waals surface area contributed by atoms with E-state index in [0.29, 0.717) is 23.0 Å². The molecule has 0 radical (unpaired) electrons. The molecule has 0 fully saturated rings. The lowest BCUT2D eigenvalue weighted by Gasteiger charge is -2.14. The van der Waals surface area contributed by atoms with Crippen molar-refractivity contribution < 1.29 is 9.21 Å². The van der Waals surface area contributed by atoms with E-state index in [1.165, 1.54) is 11.1 Å². The Labute approximate surface area is 150 Å². The molecule has 134 valence electrons. The highest BCUT2D eigenvalue weighted by atomic mass is 16.4. The second kappa shape index (κ2) is 6.79. The summed E-state index contributed by atoms with van der Waals surface area (Å²) in [6.07, 6.45) is 1.52. The zero-order valence-electron chi connectivity index (χ0n) is 14.9. The summed E-state index contributed by atoms with van der Waals surface area (Å²) in [4.78, 5) is 22.1. The van der Waals surface area contributed by atoms with E-state index in [2.05, 4.69) is 25.5 Å². The lowest BCUT2D eigenvalue weighted by Crippen LogP contribution is -2.22. The van der Waals surface area contributed by atoms with E-state index in [1.807, 2.05) is 13.0 Å². The predicted molar refractivity (Wildman–Crippen MR) is 97.0 cm³/mol. The number of nitrogens with zero attached hydrogens (tertiary/aromatic N) is 5. The second-order valence-electron chi connectivity index (χ2n) is 5.97. The Kier molecular flexibility index (Phi) is 4.53. The molecule has 3 aromatic rings. The number of hydrogen-bond donors (Lipinski definition) is 2. The van der Waals surface area contributed by atoms with Gasteiger partial charge < -0.3 is 20.4 Å². The van der Waals surface area contributed by atoms with E-state index in [0.717, 1.165) is 11.3 Å². The number of nitrogen functional groups attached to an aromatic ring is 1. The van der Waals surface area contributed by atoms with Crippen molar-refractivity contribution >= 4 is 23.4 Å². The first kappa shape index (κ1) is 17.3. The zero-order valence-corrected chi connectivity index (χ0v) is 14.9. The number of anilines is 3. The summed E-state index contributed by atoms with van der Waals surface area (Å²) in [5, 5.41) is 10.7. The van der Waals surface area contributed by atoms with Crippen LogP contribution in [0.4, 0.5) is 17.5 Å². The lowest BCUT2D eigenvalue weighted by molar-refractivity contribution is 0.0827.